The van der Waals surface area contributed by atoms with Gasteiger partial charge in [0.25, 0.3) is 0 Å². The Hall–Kier alpha value is -1.26. The van der Waals surface area contributed by atoms with Gasteiger partial charge in [-0.15, -0.1) is 0 Å². The molecule has 3 rings (SSSR count). The first kappa shape index (κ1) is 12.8. The Morgan fingerprint density at radius 2 is 2.21 bits per heavy atom. The Balaban J connectivity index is 1.65. The van der Waals surface area contributed by atoms with Crippen molar-refractivity contribution in [2.45, 2.75) is 25.4 Å². The lowest BCUT2D eigenvalue weighted by Gasteiger charge is -2.09. The molecule has 1 aromatic carbocycles. The van der Waals surface area contributed by atoms with E-state index in [1.807, 2.05) is 6.07 Å². The number of furan rings is 1. The molecule has 0 saturated carbocycles. The molecule has 0 bridgehead atoms. The highest BCUT2D eigenvalue weighted by atomic mass is 79.9. The molecule has 0 aliphatic carbocycles. The van der Waals surface area contributed by atoms with Crippen molar-refractivity contribution < 1.29 is 14.3 Å². The van der Waals surface area contributed by atoms with E-state index in [1.165, 1.54) is 11.1 Å². The van der Waals surface area contributed by atoms with Crippen molar-refractivity contribution in [1.29, 1.82) is 0 Å². The molecule has 0 spiro atoms. The number of benzene rings is 1. The molecule has 1 aromatic heterocycles. The third-order valence-electron chi connectivity index (χ3n) is 3.47. The molecule has 4 heteroatoms. The Bertz CT molecular complexity index is 577. The lowest BCUT2D eigenvalue weighted by atomic mass is 10.0. The van der Waals surface area contributed by atoms with Crippen molar-refractivity contribution in [1.82, 2.24) is 0 Å². The van der Waals surface area contributed by atoms with Crippen LogP contribution in [0.1, 0.15) is 29.2 Å². The second-order valence-electron chi connectivity index (χ2n) is 4.74. The molecule has 0 amide bonds. The zero-order valence-corrected chi connectivity index (χ0v) is 12.0. The maximum atomic E-state index is 10.1. The number of aryl methyl sites for hydroxylation is 1. The molecule has 3 nitrogen and oxygen atoms in total. The van der Waals surface area contributed by atoms with Crippen LogP contribution in [0, 0.1) is 0 Å². The van der Waals surface area contributed by atoms with Gasteiger partial charge in [-0.1, -0.05) is 12.1 Å². The van der Waals surface area contributed by atoms with Gasteiger partial charge in [0.2, 0.25) is 0 Å². The number of aliphatic hydroxyl groups is 1. The molecule has 0 radical (unpaired) electrons. The van der Waals surface area contributed by atoms with E-state index in [-0.39, 0.29) is 0 Å². The molecule has 1 aliphatic rings. The summed E-state index contributed by atoms with van der Waals surface area (Å²) in [5.41, 5.74) is 3.32. The molecule has 19 heavy (non-hydrogen) atoms. The largest absolute Gasteiger partial charge is 0.493 e. The topological polar surface area (TPSA) is 42.6 Å². The molecule has 1 atom stereocenters. The first-order chi connectivity index (χ1) is 9.24. The van der Waals surface area contributed by atoms with Crippen LogP contribution >= 0.6 is 15.9 Å². The van der Waals surface area contributed by atoms with Crippen molar-refractivity contribution in [3.8, 4) is 5.75 Å². The van der Waals surface area contributed by atoms with Crippen LogP contribution in [-0.2, 0) is 12.8 Å². The smallest absolute Gasteiger partial charge is 0.174 e. The highest BCUT2D eigenvalue weighted by Gasteiger charge is 2.15. The minimum Gasteiger partial charge on any atom is -0.493 e. The summed E-state index contributed by atoms with van der Waals surface area (Å²) in [4.78, 5) is 0. The summed E-state index contributed by atoms with van der Waals surface area (Å²) in [5.74, 6) is 1.00. The summed E-state index contributed by atoms with van der Waals surface area (Å²) < 4.78 is 11.2. The first-order valence-electron chi connectivity index (χ1n) is 6.39. The fourth-order valence-corrected chi connectivity index (χ4v) is 2.90. The van der Waals surface area contributed by atoms with Crippen molar-refractivity contribution in [2.75, 3.05) is 6.61 Å². The second kappa shape index (κ2) is 5.39. The van der Waals surface area contributed by atoms with Gasteiger partial charge in [0.15, 0.2) is 4.67 Å². The third kappa shape index (κ3) is 2.69. The van der Waals surface area contributed by atoms with Crippen molar-refractivity contribution in [3.63, 3.8) is 0 Å². The van der Waals surface area contributed by atoms with Crippen LogP contribution in [0.3, 0.4) is 0 Å². The Kier molecular flexibility index (Phi) is 3.62. The van der Waals surface area contributed by atoms with Gasteiger partial charge in [0.05, 0.1) is 19.0 Å². The Labute approximate surface area is 120 Å². The summed E-state index contributed by atoms with van der Waals surface area (Å²) in [5, 5.41) is 10.1. The van der Waals surface area contributed by atoms with Gasteiger partial charge < -0.3 is 14.3 Å². The molecular weight excluding hydrogens is 308 g/mol. The van der Waals surface area contributed by atoms with Crippen molar-refractivity contribution >= 4 is 15.9 Å². The van der Waals surface area contributed by atoms with Crippen molar-refractivity contribution in [2.24, 2.45) is 0 Å². The monoisotopic (exact) mass is 322 g/mol. The Morgan fingerprint density at radius 3 is 3.00 bits per heavy atom. The van der Waals surface area contributed by atoms with E-state index in [1.54, 1.807) is 12.3 Å². The number of aliphatic hydroxyl groups excluding tert-OH is 1. The predicted octanol–water partition coefficient (Wildman–Crippen LogP) is 3.64. The molecule has 2 aromatic rings. The summed E-state index contributed by atoms with van der Waals surface area (Å²) in [6.45, 7) is 0.781. The Morgan fingerprint density at radius 1 is 1.32 bits per heavy atom. The second-order valence-corrected chi connectivity index (χ2v) is 5.46. The molecular formula is C15H15BrO3. The summed E-state index contributed by atoms with van der Waals surface area (Å²) in [6.07, 6.45) is 3.58. The summed E-state index contributed by atoms with van der Waals surface area (Å²) >= 11 is 3.29. The normalized spacial score (nSPS) is 15.1. The summed E-state index contributed by atoms with van der Waals surface area (Å²) in [6, 6.07) is 8.07. The van der Waals surface area contributed by atoms with Gasteiger partial charge >= 0.3 is 0 Å². The van der Waals surface area contributed by atoms with Gasteiger partial charge in [-0.2, -0.15) is 0 Å². The zero-order valence-electron chi connectivity index (χ0n) is 10.4. The SMILES string of the molecule is OC(CCc1ccc2c(c1)CCO2)c1ccoc1Br. The van der Waals surface area contributed by atoms with Gasteiger partial charge in [-0.05, 0) is 52.0 Å². The zero-order chi connectivity index (χ0) is 13.2. The van der Waals surface area contributed by atoms with Crippen LogP contribution in [0.5, 0.6) is 5.75 Å². The minimum absolute atomic E-state index is 0.502. The van der Waals surface area contributed by atoms with Crippen molar-refractivity contribution in [3.05, 3.63) is 51.9 Å². The molecule has 0 fully saturated rings. The van der Waals surface area contributed by atoms with E-state index >= 15 is 0 Å². The number of rotatable bonds is 4. The first-order valence-corrected chi connectivity index (χ1v) is 7.19. The van der Waals surface area contributed by atoms with E-state index in [0.29, 0.717) is 11.1 Å². The number of fused-ring (bicyclic) bond motifs is 1. The van der Waals surface area contributed by atoms with Gasteiger partial charge in [0, 0.05) is 12.0 Å². The van der Waals surface area contributed by atoms with E-state index in [4.69, 9.17) is 9.15 Å². The third-order valence-corrected chi connectivity index (χ3v) is 4.11. The maximum Gasteiger partial charge on any atom is 0.174 e. The van der Waals surface area contributed by atoms with Crippen LogP contribution in [0.15, 0.2) is 39.6 Å². The van der Waals surface area contributed by atoms with Crippen LogP contribution < -0.4 is 4.74 Å². The maximum absolute atomic E-state index is 10.1. The van der Waals surface area contributed by atoms with Gasteiger partial charge in [-0.25, -0.2) is 0 Å². The number of ether oxygens (including phenoxy) is 1. The van der Waals surface area contributed by atoms with E-state index in [0.717, 1.165) is 30.8 Å². The lowest BCUT2D eigenvalue weighted by molar-refractivity contribution is 0.166. The number of hydrogen-bond donors (Lipinski definition) is 1. The molecule has 100 valence electrons. The van der Waals surface area contributed by atoms with E-state index < -0.39 is 6.10 Å². The average molecular weight is 323 g/mol. The quantitative estimate of drug-likeness (QED) is 0.934. The molecule has 2 heterocycles. The number of halogens is 1. The van der Waals surface area contributed by atoms with E-state index in [2.05, 4.69) is 28.1 Å². The molecule has 1 unspecified atom stereocenters. The summed E-state index contributed by atoms with van der Waals surface area (Å²) in [7, 11) is 0. The fraction of sp³-hybridized carbons (Fsp3) is 0.333. The van der Waals surface area contributed by atoms with Crippen LogP contribution in [-0.4, -0.2) is 11.7 Å². The lowest BCUT2D eigenvalue weighted by Crippen LogP contribution is -1.99. The van der Waals surface area contributed by atoms with Crippen LogP contribution in [0.2, 0.25) is 0 Å². The minimum atomic E-state index is -0.502. The fourth-order valence-electron chi connectivity index (χ4n) is 2.40. The molecule has 1 aliphatic heterocycles. The van der Waals surface area contributed by atoms with Crippen LogP contribution in [0.4, 0.5) is 0 Å². The molecule has 0 saturated heterocycles. The van der Waals surface area contributed by atoms with Gasteiger partial charge in [0.1, 0.15) is 5.75 Å². The highest BCUT2D eigenvalue weighted by Crippen LogP contribution is 2.29. The van der Waals surface area contributed by atoms with E-state index in [9.17, 15) is 5.11 Å². The predicted molar refractivity (Wildman–Crippen MR) is 75.3 cm³/mol. The molecule has 1 N–H and O–H groups in total. The van der Waals surface area contributed by atoms with Gasteiger partial charge in [-0.3, -0.25) is 0 Å². The van der Waals surface area contributed by atoms with Crippen LogP contribution in [0.25, 0.3) is 0 Å². The number of hydrogen-bond acceptors (Lipinski definition) is 3. The standard InChI is InChI=1S/C15H15BrO3/c16-15-12(6-8-19-15)13(17)3-1-10-2-4-14-11(9-10)5-7-18-14/h2,4,6,8-9,13,17H,1,3,5,7H2. The average Bonchev–Trinajstić information content (AvgIpc) is 3.03. The highest BCUT2D eigenvalue weighted by molar-refractivity contribution is 9.10.